The van der Waals surface area contributed by atoms with E-state index in [0.717, 1.165) is 32.0 Å². The molecule has 1 amide bonds. The molecule has 1 aromatic rings. The van der Waals surface area contributed by atoms with Crippen LogP contribution >= 0.6 is 0 Å². The number of aromatic nitrogens is 1. The van der Waals surface area contributed by atoms with Crippen molar-refractivity contribution in [1.82, 2.24) is 14.8 Å². The molecule has 25 heavy (non-hydrogen) atoms. The number of pyridine rings is 1. The van der Waals surface area contributed by atoms with E-state index in [-0.39, 0.29) is 5.91 Å². The summed E-state index contributed by atoms with van der Waals surface area (Å²) in [4.78, 5) is 21.4. The molecule has 0 N–H and O–H groups in total. The average Bonchev–Trinajstić information content (AvgIpc) is 2.64. The number of nitrogens with zero attached hydrogens (tertiary/aromatic N) is 3. The number of likely N-dealkylation sites (tertiary alicyclic amines) is 2. The van der Waals surface area contributed by atoms with Crippen LogP contribution in [0.15, 0.2) is 24.5 Å². The monoisotopic (exact) mass is 345 g/mol. The lowest BCUT2D eigenvalue weighted by atomic mass is 9.94. The van der Waals surface area contributed by atoms with E-state index in [4.69, 9.17) is 4.74 Å². The van der Waals surface area contributed by atoms with Gasteiger partial charge in [-0.3, -0.25) is 9.78 Å². The third kappa shape index (κ3) is 5.18. The van der Waals surface area contributed by atoms with E-state index in [0.29, 0.717) is 11.7 Å². The van der Waals surface area contributed by atoms with Gasteiger partial charge >= 0.3 is 0 Å². The second-order valence-corrected chi connectivity index (χ2v) is 7.72. The Balaban J connectivity index is 1.49. The summed E-state index contributed by atoms with van der Waals surface area (Å²) in [5.74, 6) is 2.21. The molecular formula is C20H31N3O2. The molecule has 2 aliphatic rings. The number of carbonyl (C=O) groups excluding carboxylic acids is 1. The second-order valence-electron chi connectivity index (χ2n) is 7.72. The minimum absolute atomic E-state index is 0.0980. The molecule has 5 heteroatoms. The lowest BCUT2D eigenvalue weighted by Crippen LogP contribution is -2.48. The fourth-order valence-corrected chi connectivity index (χ4v) is 3.95. The molecular weight excluding hydrogens is 314 g/mol. The minimum Gasteiger partial charge on any atom is -0.479 e. The van der Waals surface area contributed by atoms with Crippen molar-refractivity contribution in [3.05, 3.63) is 24.5 Å². The topological polar surface area (TPSA) is 45.7 Å². The third-order valence-electron chi connectivity index (χ3n) is 5.52. The molecule has 5 nitrogen and oxygen atoms in total. The van der Waals surface area contributed by atoms with Gasteiger partial charge in [-0.25, -0.2) is 0 Å². The fourth-order valence-electron chi connectivity index (χ4n) is 3.95. The first kappa shape index (κ1) is 18.2. The van der Waals surface area contributed by atoms with E-state index < -0.39 is 6.10 Å². The largest absolute Gasteiger partial charge is 0.479 e. The lowest BCUT2D eigenvalue weighted by Gasteiger charge is -2.38. The number of piperidine rings is 2. The smallest absolute Gasteiger partial charge is 0.263 e. The van der Waals surface area contributed by atoms with Crippen LogP contribution in [0.25, 0.3) is 0 Å². The predicted octanol–water partition coefficient (Wildman–Crippen LogP) is 2.82. The molecule has 0 radical (unpaired) electrons. The van der Waals surface area contributed by atoms with Crippen LogP contribution in [0.3, 0.4) is 0 Å². The highest BCUT2D eigenvalue weighted by Gasteiger charge is 2.29. The van der Waals surface area contributed by atoms with Gasteiger partial charge in [-0.1, -0.05) is 6.92 Å². The van der Waals surface area contributed by atoms with E-state index in [9.17, 15) is 4.79 Å². The van der Waals surface area contributed by atoms with Crippen LogP contribution in [0.1, 0.15) is 39.5 Å². The first-order valence-electron chi connectivity index (χ1n) is 9.69. The van der Waals surface area contributed by atoms with Crippen LogP contribution < -0.4 is 4.74 Å². The number of rotatable bonds is 5. The van der Waals surface area contributed by atoms with Gasteiger partial charge in [-0.05, 0) is 69.7 Å². The maximum atomic E-state index is 12.8. The number of hydrogen-bond donors (Lipinski definition) is 0. The van der Waals surface area contributed by atoms with Gasteiger partial charge in [0.05, 0.1) is 6.20 Å². The van der Waals surface area contributed by atoms with Crippen molar-refractivity contribution >= 4 is 5.91 Å². The summed E-state index contributed by atoms with van der Waals surface area (Å²) in [5.41, 5.74) is 0. The first-order valence-corrected chi connectivity index (χ1v) is 9.69. The van der Waals surface area contributed by atoms with Crippen LogP contribution in [0.5, 0.6) is 5.75 Å². The molecule has 138 valence electrons. The van der Waals surface area contributed by atoms with Crippen molar-refractivity contribution in [2.75, 3.05) is 32.7 Å². The highest BCUT2D eigenvalue weighted by molar-refractivity contribution is 5.81. The third-order valence-corrected chi connectivity index (χ3v) is 5.52. The average molecular weight is 345 g/mol. The summed E-state index contributed by atoms with van der Waals surface area (Å²) in [6.45, 7) is 9.47. The fraction of sp³-hybridized carbons (Fsp3) is 0.700. The summed E-state index contributed by atoms with van der Waals surface area (Å²) in [7, 11) is 0. The second kappa shape index (κ2) is 8.65. The van der Waals surface area contributed by atoms with E-state index in [2.05, 4.69) is 16.8 Å². The van der Waals surface area contributed by atoms with Gasteiger partial charge in [0.15, 0.2) is 6.10 Å². The Bertz CT molecular complexity index is 543. The molecule has 2 aliphatic heterocycles. The van der Waals surface area contributed by atoms with Crippen molar-refractivity contribution in [2.24, 2.45) is 11.8 Å². The molecule has 0 spiro atoms. The molecule has 0 unspecified atom stereocenters. The first-order chi connectivity index (χ1) is 12.1. The summed E-state index contributed by atoms with van der Waals surface area (Å²) in [6.07, 6.45) is 7.85. The lowest BCUT2D eigenvalue weighted by molar-refractivity contribution is -0.140. The number of amides is 1. The van der Waals surface area contributed by atoms with Gasteiger partial charge in [0, 0.05) is 25.8 Å². The molecule has 3 heterocycles. The van der Waals surface area contributed by atoms with Gasteiger partial charge in [-0.15, -0.1) is 0 Å². The Hall–Kier alpha value is -1.62. The maximum Gasteiger partial charge on any atom is 0.263 e. The van der Waals surface area contributed by atoms with Crippen LogP contribution in [0.2, 0.25) is 0 Å². The van der Waals surface area contributed by atoms with Crippen LogP contribution in [0, 0.1) is 11.8 Å². The van der Waals surface area contributed by atoms with Gasteiger partial charge in [0.25, 0.3) is 5.91 Å². The zero-order chi connectivity index (χ0) is 17.6. The Labute approximate surface area is 151 Å². The standard InChI is InChI=1S/C20H31N3O2/c1-16-7-11-22(12-8-16)14-18-5-4-10-23(15-18)20(24)17(2)25-19-6-3-9-21-13-19/h3,6,9,13,16-18H,4-5,7-8,10-12,14-15H2,1-2H3/t17-,18+/m0/s1. The van der Waals surface area contributed by atoms with E-state index >= 15 is 0 Å². The molecule has 0 bridgehead atoms. The minimum atomic E-state index is -0.459. The zero-order valence-corrected chi connectivity index (χ0v) is 15.6. The normalized spacial score (nSPS) is 24.1. The quantitative estimate of drug-likeness (QED) is 0.823. The van der Waals surface area contributed by atoms with Gasteiger partial charge in [0.2, 0.25) is 0 Å². The zero-order valence-electron chi connectivity index (χ0n) is 15.6. The Kier molecular flexibility index (Phi) is 6.29. The molecule has 0 aliphatic carbocycles. The Morgan fingerprint density at radius 1 is 1.32 bits per heavy atom. The van der Waals surface area contributed by atoms with Crippen LogP contribution in [0.4, 0.5) is 0 Å². The Morgan fingerprint density at radius 2 is 2.12 bits per heavy atom. The van der Waals surface area contributed by atoms with Gasteiger partial charge in [0.1, 0.15) is 5.75 Å². The van der Waals surface area contributed by atoms with Crippen molar-refractivity contribution in [3.8, 4) is 5.75 Å². The predicted molar refractivity (Wildman–Crippen MR) is 98.5 cm³/mol. The summed E-state index contributed by atoms with van der Waals surface area (Å²) >= 11 is 0. The van der Waals surface area contributed by atoms with Crippen molar-refractivity contribution in [2.45, 2.75) is 45.6 Å². The number of carbonyl (C=O) groups is 1. The van der Waals surface area contributed by atoms with E-state index in [1.807, 2.05) is 24.0 Å². The number of hydrogen-bond acceptors (Lipinski definition) is 4. The molecule has 3 rings (SSSR count). The van der Waals surface area contributed by atoms with Gasteiger partial charge in [-0.2, -0.15) is 0 Å². The molecule has 2 saturated heterocycles. The molecule has 2 atom stereocenters. The molecule has 2 fully saturated rings. The summed E-state index contributed by atoms with van der Waals surface area (Å²) in [6, 6.07) is 3.66. The summed E-state index contributed by atoms with van der Waals surface area (Å²) < 4.78 is 5.76. The van der Waals surface area contributed by atoms with Crippen LogP contribution in [-0.4, -0.2) is 59.5 Å². The SMILES string of the molecule is CC1CCN(C[C@H]2CCCN(C(=O)[C@H](C)Oc3cccnc3)C2)CC1. The van der Waals surface area contributed by atoms with E-state index in [1.165, 1.54) is 32.4 Å². The number of ether oxygens (including phenoxy) is 1. The van der Waals surface area contributed by atoms with Crippen molar-refractivity contribution in [1.29, 1.82) is 0 Å². The van der Waals surface area contributed by atoms with E-state index in [1.54, 1.807) is 12.4 Å². The highest BCUT2D eigenvalue weighted by atomic mass is 16.5. The molecule has 0 saturated carbocycles. The highest BCUT2D eigenvalue weighted by Crippen LogP contribution is 2.22. The Morgan fingerprint density at radius 3 is 2.84 bits per heavy atom. The molecule has 0 aromatic carbocycles. The van der Waals surface area contributed by atoms with Gasteiger partial charge < -0.3 is 14.5 Å². The summed E-state index contributed by atoms with van der Waals surface area (Å²) in [5, 5.41) is 0. The van der Waals surface area contributed by atoms with Crippen molar-refractivity contribution < 1.29 is 9.53 Å². The maximum absolute atomic E-state index is 12.8. The van der Waals surface area contributed by atoms with Crippen molar-refractivity contribution in [3.63, 3.8) is 0 Å². The van der Waals surface area contributed by atoms with Crippen LogP contribution in [-0.2, 0) is 4.79 Å². The molecule has 1 aromatic heterocycles.